The molecule has 0 aromatic heterocycles. The Bertz CT molecular complexity index is 649. The lowest BCUT2D eigenvalue weighted by Crippen LogP contribution is -2.26. The summed E-state index contributed by atoms with van der Waals surface area (Å²) in [5.41, 5.74) is 2.77. The third kappa shape index (κ3) is 2.74. The lowest BCUT2D eigenvalue weighted by molar-refractivity contribution is 0.419. The molecule has 1 N–H and O–H groups in total. The molecule has 0 radical (unpaired) electrons. The van der Waals surface area contributed by atoms with Crippen LogP contribution < -0.4 is 5.32 Å². The average Bonchev–Trinajstić information content (AvgIpc) is 2.41. The lowest BCUT2D eigenvalue weighted by atomic mass is 9.73. The molecular weight excluding hydrogens is 336 g/mol. The van der Waals surface area contributed by atoms with Gasteiger partial charge in [-0.15, -0.1) is 0 Å². The number of hydrogen-bond donors (Lipinski definition) is 1. The van der Waals surface area contributed by atoms with Crippen LogP contribution in [0.1, 0.15) is 35.1 Å². The molecule has 1 aliphatic rings. The molecule has 3 rings (SSSR count). The molecule has 0 aliphatic heterocycles. The third-order valence-corrected chi connectivity index (χ3v) is 4.68. The van der Waals surface area contributed by atoms with Gasteiger partial charge in [-0.25, -0.2) is 8.78 Å². The first-order chi connectivity index (χ1) is 10.1. The van der Waals surface area contributed by atoms with E-state index in [4.69, 9.17) is 0 Å². The topological polar surface area (TPSA) is 12.0 Å². The zero-order valence-corrected chi connectivity index (χ0v) is 13.3. The molecule has 0 bridgehead atoms. The van der Waals surface area contributed by atoms with Crippen LogP contribution in [0.5, 0.6) is 0 Å². The summed E-state index contributed by atoms with van der Waals surface area (Å²) in [5, 5.41) is 3.05. The van der Waals surface area contributed by atoms with Gasteiger partial charge in [-0.3, -0.25) is 0 Å². The van der Waals surface area contributed by atoms with E-state index in [0.29, 0.717) is 16.8 Å². The zero-order chi connectivity index (χ0) is 15.0. The van der Waals surface area contributed by atoms with Gasteiger partial charge in [-0.1, -0.05) is 40.2 Å². The lowest BCUT2D eigenvalue weighted by Gasteiger charge is -2.33. The molecule has 0 spiro atoms. The summed E-state index contributed by atoms with van der Waals surface area (Å²) in [5.74, 6) is -0.649. The number of hydrogen-bond acceptors (Lipinski definition) is 1. The van der Waals surface area contributed by atoms with Gasteiger partial charge in [-0.2, -0.15) is 0 Å². The van der Waals surface area contributed by atoms with E-state index in [1.807, 2.05) is 12.1 Å². The largest absolute Gasteiger partial charge is 0.313 e. The predicted molar refractivity (Wildman–Crippen MR) is 83.4 cm³/mol. The van der Waals surface area contributed by atoms with E-state index in [1.54, 1.807) is 7.05 Å². The molecule has 2 unspecified atom stereocenters. The SMILES string of the molecule is CNC(CC1Cc2ccccc21)c1c(F)cc(Br)cc1F. The standard InChI is InChI=1S/C17H16BrF2N/c1-21-16(17-14(19)8-12(18)9-15(17)20)7-11-6-10-4-2-3-5-13(10)11/h2-5,8-9,11,16,21H,6-7H2,1H3. The number of benzene rings is 2. The van der Waals surface area contributed by atoms with Crippen molar-refractivity contribution < 1.29 is 8.78 Å². The Morgan fingerprint density at radius 3 is 2.52 bits per heavy atom. The Labute approximate surface area is 131 Å². The first-order valence-corrected chi connectivity index (χ1v) is 7.79. The first-order valence-electron chi connectivity index (χ1n) is 6.99. The second-order valence-electron chi connectivity index (χ2n) is 5.46. The van der Waals surface area contributed by atoms with Crippen LogP contribution in [0.3, 0.4) is 0 Å². The number of rotatable bonds is 4. The fourth-order valence-corrected chi connectivity index (χ4v) is 3.53. The van der Waals surface area contributed by atoms with Crippen LogP contribution in [0.25, 0.3) is 0 Å². The van der Waals surface area contributed by atoms with Crippen LogP contribution in [0, 0.1) is 11.6 Å². The summed E-state index contributed by atoms with van der Waals surface area (Å²) in [6, 6.07) is 10.6. The Hall–Kier alpha value is -1.26. The van der Waals surface area contributed by atoms with Crippen LogP contribution in [0.15, 0.2) is 40.9 Å². The highest BCUT2D eigenvalue weighted by Gasteiger charge is 2.30. The maximum absolute atomic E-state index is 14.1. The molecule has 0 heterocycles. The van der Waals surface area contributed by atoms with Crippen molar-refractivity contribution in [2.24, 2.45) is 0 Å². The molecule has 2 atom stereocenters. The van der Waals surface area contributed by atoms with Crippen molar-refractivity contribution in [2.75, 3.05) is 7.05 Å². The first kappa shape index (κ1) is 14.7. The van der Waals surface area contributed by atoms with Crippen molar-refractivity contribution in [1.29, 1.82) is 0 Å². The summed E-state index contributed by atoms with van der Waals surface area (Å²) in [6.45, 7) is 0. The summed E-state index contributed by atoms with van der Waals surface area (Å²) in [4.78, 5) is 0. The van der Waals surface area contributed by atoms with Gasteiger partial charge in [0.05, 0.1) is 0 Å². The highest BCUT2D eigenvalue weighted by molar-refractivity contribution is 9.10. The van der Waals surface area contributed by atoms with Crippen molar-refractivity contribution >= 4 is 15.9 Å². The Balaban J connectivity index is 1.85. The van der Waals surface area contributed by atoms with Gasteiger partial charge < -0.3 is 5.32 Å². The number of nitrogens with one attached hydrogen (secondary N) is 1. The molecule has 2 aromatic carbocycles. The van der Waals surface area contributed by atoms with Gasteiger partial charge in [0.25, 0.3) is 0 Å². The highest BCUT2D eigenvalue weighted by atomic mass is 79.9. The van der Waals surface area contributed by atoms with Crippen molar-refractivity contribution in [2.45, 2.75) is 24.8 Å². The van der Waals surface area contributed by atoms with Crippen molar-refractivity contribution in [1.82, 2.24) is 5.32 Å². The van der Waals surface area contributed by atoms with Crippen LogP contribution in [0.2, 0.25) is 0 Å². The fourth-order valence-electron chi connectivity index (χ4n) is 3.12. The van der Waals surface area contributed by atoms with Gasteiger partial charge in [0, 0.05) is 16.1 Å². The van der Waals surface area contributed by atoms with Gasteiger partial charge in [0.1, 0.15) is 11.6 Å². The third-order valence-electron chi connectivity index (χ3n) is 4.22. The van der Waals surface area contributed by atoms with E-state index < -0.39 is 11.6 Å². The van der Waals surface area contributed by atoms with Crippen LogP contribution in [0.4, 0.5) is 8.78 Å². The van der Waals surface area contributed by atoms with Gasteiger partial charge >= 0.3 is 0 Å². The zero-order valence-electron chi connectivity index (χ0n) is 11.7. The molecule has 21 heavy (non-hydrogen) atoms. The fraction of sp³-hybridized carbons (Fsp3) is 0.294. The Morgan fingerprint density at radius 1 is 1.24 bits per heavy atom. The summed E-state index contributed by atoms with van der Waals surface area (Å²) in [7, 11) is 1.75. The minimum absolute atomic E-state index is 0.130. The molecule has 110 valence electrons. The number of halogens is 3. The molecule has 2 aromatic rings. The van der Waals surface area contributed by atoms with E-state index >= 15 is 0 Å². The van der Waals surface area contributed by atoms with Crippen molar-refractivity contribution in [3.63, 3.8) is 0 Å². The predicted octanol–water partition coefficient (Wildman–Crippen LogP) is 4.72. The smallest absolute Gasteiger partial charge is 0.132 e. The molecule has 4 heteroatoms. The minimum atomic E-state index is -0.506. The van der Waals surface area contributed by atoms with E-state index in [0.717, 1.165) is 6.42 Å². The van der Waals surface area contributed by atoms with Crippen LogP contribution in [-0.4, -0.2) is 7.05 Å². The Morgan fingerprint density at radius 2 is 1.90 bits per heavy atom. The van der Waals surface area contributed by atoms with Gasteiger partial charge in [0.2, 0.25) is 0 Å². The molecule has 0 fully saturated rings. The maximum atomic E-state index is 14.1. The maximum Gasteiger partial charge on any atom is 0.132 e. The van der Waals surface area contributed by atoms with E-state index in [-0.39, 0.29) is 11.6 Å². The quantitative estimate of drug-likeness (QED) is 0.840. The number of fused-ring (bicyclic) bond motifs is 1. The summed E-state index contributed by atoms with van der Waals surface area (Å²) in [6.07, 6.45) is 1.68. The second-order valence-corrected chi connectivity index (χ2v) is 6.38. The van der Waals surface area contributed by atoms with Crippen molar-refractivity contribution in [3.05, 3.63) is 69.2 Å². The normalized spacial score (nSPS) is 18.0. The average molecular weight is 352 g/mol. The van der Waals surface area contributed by atoms with Crippen LogP contribution >= 0.6 is 15.9 Å². The molecule has 0 saturated heterocycles. The van der Waals surface area contributed by atoms with E-state index in [1.165, 1.54) is 23.3 Å². The van der Waals surface area contributed by atoms with Crippen LogP contribution in [-0.2, 0) is 6.42 Å². The van der Waals surface area contributed by atoms with Crippen molar-refractivity contribution in [3.8, 4) is 0 Å². The minimum Gasteiger partial charge on any atom is -0.313 e. The summed E-state index contributed by atoms with van der Waals surface area (Å²) >= 11 is 3.11. The summed E-state index contributed by atoms with van der Waals surface area (Å²) < 4.78 is 28.6. The monoisotopic (exact) mass is 351 g/mol. The van der Waals surface area contributed by atoms with Gasteiger partial charge in [-0.05, 0) is 49.1 Å². The highest BCUT2D eigenvalue weighted by Crippen LogP contribution is 2.41. The molecule has 0 amide bonds. The molecular formula is C17H16BrF2N. The van der Waals surface area contributed by atoms with E-state index in [2.05, 4.69) is 33.4 Å². The van der Waals surface area contributed by atoms with Gasteiger partial charge in [0.15, 0.2) is 0 Å². The molecule has 0 saturated carbocycles. The van der Waals surface area contributed by atoms with E-state index in [9.17, 15) is 8.78 Å². The molecule has 1 nitrogen and oxygen atoms in total. The second kappa shape index (κ2) is 5.85. The molecule has 1 aliphatic carbocycles. The Kier molecular flexibility index (Phi) is 4.09.